The minimum Gasteiger partial charge on any atom is -0.481 e. The number of hydrogen-bond donors (Lipinski definition) is 2. The summed E-state index contributed by atoms with van der Waals surface area (Å²) in [7, 11) is 0. The van der Waals surface area contributed by atoms with E-state index in [9.17, 15) is 9.59 Å². The Kier molecular flexibility index (Phi) is 5.32. The average Bonchev–Trinajstić information content (AvgIpc) is 2.29. The van der Waals surface area contributed by atoms with E-state index in [0.717, 1.165) is 5.56 Å². The molecule has 0 aliphatic rings. The van der Waals surface area contributed by atoms with Crippen LogP contribution in [0.4, 0.5) is 0 Å². The molecule has 2 N–H and O–H groups in total. The van der Waals surface area contributed by atoms with E-state index in [4.69, 9.17) is 9.94 Å². The van der Waals surface area contributed by atoms with Gasteiger partial charge in [-0.3, -0.25) is 14.4 Å². The maximum Gasteiger partial charge on any atom is 0.316 e. The second-order valence-corrected chi connectivity index (χ2v) is 4.30. The highest BCUT2D eigenvalue weighted by molar-refractivity contribution is 5.96. The van der Waals surface area contributed by atoms with Crippen LogP contribution in [0.2, 0.25) is 0 Å². The number of carbonyl (C=O) groups is 2. The molecule has 1 aromatic rings. The van der Waals surface area contributed by atoms with Gasteiger partial charge in [-0.05, 0) is 11.5 Å². The number of rotatable bonds is 6. The van der Waals surface area contributed by atoms with Crippen molar-refractivity contribution in [2.45, 2.75) is 20.5 Å². The molecule has 0 saturated heterocycles. The van der Waals surface area contributed by atoms with E-state index in [1.807, 2.05) is 30.3 Å². The van der Waals surface area contributed by atoms with E-state index < -0.39 is 17.8 Å². The van der Waals surface area contributed by atoms with Gasteiger partial charge in [0.2, 0.25) is 0 Å². The molecule has 0 aliphatic carbocycles. The minimum atomic E-state index is -1.15. The fourth-order valence-corrected chi connectivity index (χ4v) is 1.53. The van der Waals surface area contributed by atoms with Crippen molar-refractivity contribution in [2.75, 3.05) is 0 Å². The minimum absolute atomic E-state index is 0.205. The van der Waals surface area contributed by atoms with E-state index in [0.29, 0.717) is 0 Å². The zero-order valence-corrected chi connectivity index (χ0v) is 10.4. The van der Waals surface area contributed by atoms with Crippen molar-refractivity contribution < 1.29 is 19.5 Å². The number of nitrogens with one attached hydrogen (secondary N) is 1. The number of carbonyl (C=O) groups excluding carboxylic acids is 1. The summed E-state index contributed by atoms with van der Waals surface area (Å²) in [5, 5.41) is 8.91. The highest BCUT2D eigenvalue weighted by atomic mass is 16.6. The fourth-order valence-electron chi connectivity index (χ4n) is 1.53. The first-order valence-corrected chi connectivity index (χ1v) is 5.70. The standard InChI is InChI=1S/C13H17NO4/c1-9(2)11(13(16)17)12(15)14-18-8-10-6-4-3-5-7-10/h3-7,9,11H,8H2,1-2H3,(H,14,15)(H,16,17). The van der Waals surface area contributed by atoms with Crippen molar-refractivity contribution in [3.63, 3.8) is 0 Å². The Bertz CT molecular complexity index is 403. The lowest BCUT2D eigenvalue weighted by molar-refractivity contribution is -0.154. The largest absolute Gasteiger partial charge is 0.481 e. The Labute approximate surface area is 106 Å². The summed E-state index contributed by atoms with van der Waals surface area (Å²) in [6.45, 7) is 3.56. The fraction of sp³-hybridized carbons (Fsp3) is 0.385. The Morgan fingerprint density at radius 3 is 2.39 bits per heavy atom. The molecule has 1 rings (SSSR count). The van der Waals surface area contributed by atoms with Gasteiger partial charge in [-0.25, -0.2) is 5.48 Å². The molecule has 0 saturated carbocycles. The van der Waals surface area contributed by atoms with Crippen LogP contribution in [0.1, 0.15) is 19.4 Å². The van der Waals surface area contributed by atoms with Crippen LogP contribution in [-0.2, 0) is 21.0 Å². The number of aliphatic carboxylic acids is 1. The van der Waals surface area contributed by atoms with Gasteiger partial charge in [-0.2, -0.15) is 0 Å². The molecule has 0 spiro atoms. The summed E-state index contributed by atoms with van der Waals surface area (Å²) in [6, 6.07) is 9.29. The number of carboxylic acids is 1. The summed E-state index contributed by atoms with van der Waals surface area (Å²) in [5.41, 5.74) is 3.07. The average molecular weight is 251 g/mol. The van der Waals surface area contributed by atoms with Gasteiger partial charge in [-0.1, -0.05) is 44.2 Å². The molecule has 5 heteroatoms. The summed E-state index contributed by atoms with van der Waals surface area (Å²) in [6.07, 6.45) is 0. The maximum absolute atomic E-state index is 11.6. The first-order valence-electron chi connectivity index (χ1n) is 5.70. The van der Waals surface area contributed by atoms with Crippen LogP contribution in [0.3, 0.4) is 0 Å². The number of hydrogen-bond acceptors (Lipinski definition) is 3. The van der Waals surface area contributed by atoms with Crippen LogP contribution >= 0.6 is 0 Å². The maximum atomic E-state index is 11.6. The number of carboxylic acid groups (broad SMARTS) is 1. The smallest absolute Gasteiger partial charge is 0.316 e. The van der Waals surface area contributed by atoms with Gasteiger partial charge in [0.15, 0.2) is 0 Å². The van der Waals surface area contributed by atoms with E-state index in [1.54, 1.807) is 13.8 Å². The molecule has 1 aromatic carbocycles. The molecule has 0 aromatic heterocycles. The van der Waals surface area contributed by atoms with Gasteiger partial charge < -0.3 is 5.11 Å². The Morgan fingerprint density at radius 1 is 1.28 bits per heavy atom. The van der Waals surface area contributed by atoms with Gasteiger partial charge in [0.25, 0.3) is 5.91 Å². The molecular weight excluding hydrogens is 234 g/mol. The van der Waals surface area contributed by atoms with Crippen LogP contribution in [0.15, 0.2) is 30.3 Å². The SMILES string of the molecule is CC(C)C(C(=O)O)C(=O)NOCc1ccccc1. The Morgan fingerprint density at radius 2 is 1.89 bits per heavy atom. The predicted octanol–water partition coefficient (Wildman–Crippen LogP) is 1.59. The lowest BCUT2D eigenvalue weighted by atomic mass is 9.95. The van der Waals surface area contributed by atoms with Crippen molar-refractivity contribution in [2.24, 2.45) is 11.8 Å². The summed E-state index contributed by atoms with van der Waals surface area (Å²) in [4.78, 5) is 27.5. The number of amides is 1. The monoisotopic (exact) mass is 251 g/mol. The third-order valence-electron chi connectivity index (χ3n) is 2.47. The molecular formula is C13H17NO4. The second kappa shape index (κ2) is 6.76. The van der Waals surface area contributed by atoms with Crippen molar-refractivity contribution in [3.8, 4) is 0 Å². The topological polar surface area (TPSA) is 75.6 Å². The Hall–Kier alpha value is -1.88. The predicted molar refractivity (Wildman–Crippen MR) is 65.3 cm³/mol. The van der Waals surface area contributed by atoms with Gasteiger partial charge in [0.1, 0.15) is 5.92 Å². The van der Waals surface area contributed by atoms with Gasteiger partial charge in [0, 0.05) is 0 Å². The van der Waals surface area contributed by atoms with Crippen molar-refractivity contribution in [1.82, 2.24) is 5.48 Å². The van der Waals surface area contributed by atoms with Crippen LogP contribution in [0.5, 0.6) is 0 Å². The summed E-state index contributed by atoms with van der Waals surface area (Å²) in [5.74, 6) is -3.16. The van der Waals surface area contributed by atoms with Gasteiger partial charge in [0.05, 0.1) is 6.61 Å². The number of benzene rings is 1. The highest BCUT2D eigenvalue weighted by Gasteiger charge is 2.29. The highest BCUT2D eigenvalue weighted by Crippen LogP contribution is 2.11. The van der Waals surface area contributed by atoms with Crippen LogP contribution in [0.25, 0.3) is 0 Å². The zero-order chi connectivity index (χ0) is 13.5. The molecule has 1 unspecified atom stereocenters. The molecule has 18 heavy (non-hydrogen) atoms. The van der Waals surface area contributed by atoms with Gasteiger partial charge >= 0.3 is 5.97 Å². The lowest BCUT2D eigenvalue weighted by Crippen LogP contribution is -2.38. The molecule has 0 heterocycles. The molecule has 0 fully saturated rings. The second-order valence-electron chi connectivity index (χ2n) is 4.30. The molecule has 0 aliphatic heterocycles. The molecule has 0 radical (unpaired) electrons. The quantitative estimate of drug-likeness (QED) is 0.594. The van der Waals surface area contributed by atoms with Crippen LogP contribution in [0, 0.1) is 11.8 Å². The Balaban J connectivity index is 2.43. The molecule has 1 amide bonds. The first-order chi connectivity index (χ1) is 8.52. The van der Waals surface area contributed by atoms with E-state index >= 15 is 0 Å². The molecule has 5 nitrogen and oxygen atoms in total. The van der Waals surface area contributed by atoms with E-state index in [1.165, 1.54) is 0 Å². The van der Waals surface area contributed by atoms with Crippen molar-refractivity contribution in [3.05, 3.63) is 35.9 Å². The summed E-state index contributed by atoms with van der Waals surface area (Å²) < 4.78 is 0. The number of hydroxylamine groups is 1. The third kappa shape index (κ3) is 4.18. The van der Waals surface area contributed by atoms with Crippen molar-refractivity contribution >= 4 is 11.9 Å². The third-order valence-corrected chi connectivity index (χ3v) is 2.47. The summed E-state index contributed by atoms with van der Waals surface area (Å²) >= 11 is 0. The van der Waals surface area contributed by atoms with Crippen LogP contribution in [-0.4, -0.2) is 17.0 Å². The molecule has 0 bridgehead atoms. The van der Waals surface area contributed by atoms with E-state index in [-0.39, 0.29) is 12.5 Å². The van der Waals surface area contributed by atoms with Crippen molar-refractivity contribution in [1.29, 1.82) is 0 Å². The first kappa shape index (κ1) is 14.2. The lowest BCUT2D eigenvalue weighted by Gasteiger charge is -2.15. The zero-order valence-electron chi connectivity index (χ0n) is 10.4. The van der Waals surface area contributed by atoms with Gasteiger partial charge in [-0.15, -0.1) is 0 Å². The normalized spacial score (nSPS) is 12.2. The molecule has 1 atom stereocenters. The van der Waals surface area contributed by atoms with E-state index in [2.05, 4.69) is 5.48 Å². The van der Waals surface area contributed by atoms with Crippen LogP contribution < -0.4 is 5.48 Å². The molecule has 98 valence electrons.